The average molecular weight is 588 g/mol. The minimum Gasteiger partial charge on any atom is -0.338 e. The molecule has 2 aromatic heterocycles. The largest absolute Gasteiger partial charge is 0.338 e. The van der Waals surface area contributed by atoms with E-state index >= 15 is 0 Å². The summed E-state index contributed by atoms with van der Waals surface area (Å²) in [5.74, 6) is 1.42. The van der Waals surface area contributed by atoms with Gasteiger partial charge in [-0.25, -0.2) is 0 Å². The fourth-order valence-electron chi connectivity index (χ4n) is 5.63. The van der Waals surface area contributed by atoms with Crippen LogP contribution in [0.4, 0.5) is 0 Å². The molecule has 0 saturated carbocycles. The summed E-state index contributed by atoms with van der Waals surface area (Å²) < 4.78 is 7.63. The maximum atomic E-state index is 3.77. The summed E-state index contributed by atoms with van der Waals surface area (Å²) in [4.78, 5) is 0. The van der Waals surface area contributed by atoms with Gasteiger partial charge in [-0.2, -0.15) is 0 Å². The maximum Gasteiger partial charge on any atom is 0.0754 e. The summed E-state index contributed by atoms with van der Waals surface area (Å²) in [6, 6.07) is 13.8. The fourth-order valence-corrected chi connectivity index (χ4v) is 6.33. The second kappa shape index (κ2) is 11.6. The van der Waals surface area contributed by atoms with E-state index in [4.69, 9.17) is 0 Å². The van der Waals surface area contributed by atoms with Crippen molar-refractivity contribution in [3.8, 4) is 0 Å². The Labute approximate surface area is 222 Å². The van der Waals surface area contributed by atoms with Crippen LogP contribution in [0.15, 0.2) is 45.3 Å². The molecule has 4 aromatic rings. The Bertz CT molecular complexity index is 1150. The quantitative estimate of drug-likeness (QED) is 0.156. The highest BCUT2D eigenvalue weighted by Gasteiger charge is 2.23. The zero-order valence-electron chi connectivity index (χ0n) is 21.3. The molecule has 2 heterocycles. The number of halogens is 2. The van der Waals surface area contributed by atoms with Crippen molar-refractivity contribution >= 4 is 64.7 Å². The standard InChI is InChI=1S/C30H40Br2N2/c1-5-9-11-21(7-3)19-33-27-17-23(31)13-15-25(27)30-29(33)26-16-14-24(32)18-28(26)34(30)20-22(8-4)12-10-6-2/h13-18,21-22H,5-12,19-20H2,1-4H3. The van der Waals surface area contributed by atoms with Crippen LogP contribution in [0.25, 0.3) is 32.8 Å². The van der Waals surface area contributed by atoms with Crippen LogP contribution in [-0.2, 0) is 13.1 Å². The number of benzene rings is 2. The van der Waals surface area contributed by atoms with Crippen LogP contribution in [0.1, 0.15) is 79.1 Å². The SMILES string of the molecule is CCCCC(CC)Cn1c2cc(Br)ccc2c2c1c1ccc(Br)cc1n2CC(CC)CCCC. The fraction of sp³-hybridized carbons (Fsp3) is 0.533. The smallest absolute Gasteiger partial charge is 0.0754 e. The molecule has 2 unspecified atom stereocenters. The molecule has 0 N–H and O–H groups in total. The summed E-state index contributed by atoms with van der Waals surface area (Å²) >= 11 is 7.54. The van der Waals surface area contributed by atoms with E-state index in [0.717, 1.165) is 22.0 Å². The maximum absolute atomic E-state index is 3.77. The molecule has 2 nitrogen and oxygen atoms in total. The van der Waals surface area contributed by atoms with Gasteiger partial charge in [0.2, 0.25) is 0 Å². The van der Waals surface area contributed by atoms with E-state index in [1.807, 2.05) is 0 Å². The first kappa shape index (κ1) is 25.8. The van der Waals surface area contributed by atoms with Gasteiger partial charge in [0.25, 0.3) is 0 Å². The van der Waals surface area contributed by atoms with Crippen LogP contribution in [-0.4, -0.2) is 9.13 Å². The molecular weight excluding hydrogens is 548 g/mol. The lowest BCUT2D eigenvalue weighted by Gasteiger charge is -2.18. The normalized spacial score (nSPS) is 13.9. The Morgan fingerprint density at radius 3 is 1.41 bits per heavy atom. The van der Waals surface area contributed by atoms with E-state index < -0.39 is 0 Å². The number of nitrogens with zero attached hydrogens (tertiary/aromatic N) is 2. The van der Waals surface area contributed by atoms with Crippen LogP contribution in [0.5, 0.6) is 0 Å². The average Bonchev–Trinajstić information content (AvgIpc) is 3.31. The summed E-state index contributed by atoms with van der Waals surface area (Å²) in [5.41, 5.74) is 5.59. The van der Waals surface area contributed by atoms with E-state index in [2.05, 4.69) is 105 Å². The van der Waals surface area contributed by atoms with Crippen LogP contribution >= 0.6 is 31.9 Å². The molecule has 34 heavy (non-hydrogen) atoms. The van der Waals surface area contributed by atoms with E-state index in [1.54, 1.807) is 0 Å². The number of unbranched alkanes of at least 4 members (excludes halogenated alkanes) is 2. The van der Waals surface area contributed by atoms with Crippen LogP contribution in [0.2, 0.25) is 0 Å². The molecule has 0 fully saturated rings. The molecule has 0 amide bonds. The predicted octanol–water partition coefficient (Wildman–Crippen LogP) is 10.7. The Morgan fingerprint density at radius 1 is 0.647 bits per heavy atom. The molecule has 0 aliphatic carbocycles. The van der Waals surface area contributed by atoms with Gasteiger partial charge in [-0.15, -0.1) is 0 Å². The molecule has 0 aliphatic rings. The molecule has 184 valence electrons. The second-order valence-corrected chi connectivity index (χ2v) is 11.9. The van der Waals surface area contributed by atoms with Gasteiger partial charge in [0.1, 0.15) is 0 Å². The predicted molar refractivity (Wildman–Crippen MR) is 157 cm³/mol. The number of hydrogen-bond acceptors (Lipinski definition) is 0. The van der Waals surface area contributed by atoms with Crippen molar-refractivity contribution in [2.75, 3.05) is 0 Å². The van der Waals surface area contributed by atoms with Gasteiger partial charge in [-0.05, 0) is 61.1 Å². The van der Waals surface area contributed by atoms with Crippen molar-refractivity contribution in [3.63, 3.8) is 0 Å². The van der Waals surface area contributed by atoms with Gasteiger partial charge < -0.3 is 9.13 Å². The monoisotopic (exact) mass is 586 g/mol. The third-order valence-electron chi connectivity index (χ3n) is 7.74. The van der Waals surface area contributed by atoms with Crippen LogP contribution in [0.3, 0.4) is 0 Å². The highest BCUT2D eigenvalue weighted by molar-refractivity contribution is 9.10. The Kier molecular flexibility index (Phi) is 8.85. The van der Waals surface area contributed by atoms with Crippen LogP contribution in [0, 0.1) is 11.8 Å². The topological polar surface area (TPSA) is 9.86 Å². The number of aromatic nitrogens is 2. The summed E-state index contributed by atoms with van der Waals surface area (Å²) in [7, 11) is 0. The zero-order chi connectivity index (χ0) is 24.2. The van der Waals surface area contributed by atoms with Gasteiger partial charge in [0, 0.05) is 32.8 Å². The molecule has 4 heteroatoms. The van der Waals surface area contributed by atoms with Gasteiger partial charge in [0.05, 0.1) is 22.1 Å². The summed E-state index contributed by atoms with van der Waals surface area (Å²) in [5, 5.41) is 2.78. The van der Waals surface area contributed by atoms with Crippen molar-refractivity contribution in [1.82, 2.24) is 9.13 Å². The van der Waals surface area contributed by atoms with E-state index in [-0.39, 0.29) is 0 Å². The number of hydrogen-bond donors (Lipinski definition) is 0. The van der Waals surface area contributed by atoms with E-state index in [0.29, 0.717) is 11.8 Å². The second-order valence-electron chi connectivity index (χ2n) is 10.1. The van der Waals surface area contributed by atoms with Gasteiger partial charge in [-0.3, -0.25) is 0 Å². The zero-order valence-corrected chi connectivity index (χ0v) is 24.5. The Balaban J connectivity index is 1.97. The minimum atomic E-state index is 0.708. The lowest BCUT2D eigenvalue weighted by atomic mass is 9.99. The lowest BCUT2D eigenvalue weighted by molar-refractivity contribution is 0.399. The van der Waals surface area contributed by atoms with Crippen molar-refractivity contribution in [2.45, 2.75) is 92.2 Å². The first-order chi connectivity index (χ1) is 16.5. The highest BCUT2D eigenvalue weighted by Crippen LogP contribution is 2.40. The first-order valence-electron chi connectivity index (χ1n) is 13.4. The Morgan fingerprint density at radius 2 is 1.06 bits per heavy atom. The van der Waals surface area contributed by atoms with Crippen LogP contribution < -0.4 is 0 Å². The molecule has 4 rings (SSSR count). The van der Waals surface area contributed by atoms with Crippen molar-refractivity contribution < 1.29 is 0 Å². The molecule has 0 bridgehead atoms. The number of fused-ring (bicyclic) bond motifs is 5. The van der Waals surface area contributed by atoms with Gasteiger partial charge >= 0.3 is 0 Å². The summed E-state index contributed by atoms with van der Waals surface area (Å²) in [6.45, 7) is 11.5. The molecule has 2 atom stereocenters. The third kappa shape index (κ3) is 5.14. The molecule has 2 aromatic carbocycles. The molecule has 0 saturated heterocycles. The highest BCUT2D eigenvalue weighted by atomic mass is 79.9. The van der Waals surface area contributed by atoms with E-state index in [9.17, 15) is 0 Å². The molecular formula is C30H40Br2N2. The minimum absolute atomic E-state index is 0.708. The Hall–Kier alpha value is -1.26. The van der Waals surface area contributed by atoms with Gasteiger partial charge in [0.15, 0.2) is 0 Å². The molecule has 0 radical (unpaired) electrons. The molecule has 0 spiro atoms. The summed E-state index contributed by atoms with van der Waals surface area (Å²) in [6.07, 6.45) is 10.2. The van der Waals surface area contributed by atoms with Crippen molar-refractivity contribution in [3.05, 3.63) is 45.3 Å². The van der Waals surface area contributed by atoms with Crippen molar-refractivity contribution in [1.29, 1.82) is 0 Å². The third-order valence-corrected chi connectivity index (χ3v) is 8.73. The molecule has 0 aliphatic heterocycles. The lowest BCUT2D eigenvalue weighted by Crippen LogP contribution is -2.10. The first-order valence-corrected chi connectivity index (χ1v) is 15.0. The number of rotatable bonds is 12. The van der Waals surface area contributed by atoms with Gasteiger partial charge in [-0.1, -0.05) is 98.1 Å². The van der Waals surface area contributed by atoms with Crippen molar-refractivity contribution in [2.24, 2.45) is 11.8 Å². The van der Waals surface area contributed by atoms with E-state index in [1.165, 1.54) is 84.2 Å².